The Morgan fingerprint density at radius 2 is 2.04 bits per heavy atom. The van der Waals surface area contributed by atoms with Crippen LogP contribution in [0.4, 0.5) is 0 Å². The van der Waals surface area contributed by atoms with Gasteiger partial charge in [0.25, 0.3) is 0 Å². The molecule has 2 heterocycles. The molecule has 1 aliphatic rings. The summed E-state index contributed by atoms with van der Waals surface area (Å²) in [5.74, 6) is -0.332. The third-order valence-corrected chi connectivity index (χ3v) is 5.61. The summed E-state index contributed by atoms with van der Waals surface area (Å²) < 4.78 is 4.63. The lowest BCUT2D eigenvalue weighted by Gasteiger charge is -2.24. The van der Waals surface area contributed by atoms with Crippen LogP contribution in [0.3, 0.4) is 0 Å². The number of hydrogen-bond acceptors (Lipinski definition) is 3. The molecule has 4 rings (SSSR count). The summed E-state index contributed by atoms with van der Waals surface area (Å²) in [4.78, 5) is 17.2. The third kappa shape index (κ3) is 4.18. The number of aromatic nitrogens is 1. The van der Waals surface area contributed by atoms with Crippen molar-refractivity contribution in [3.8, 4) is 0 Å². The van der Waals surface area contributed by atoms with Crippen LogP contribution >= 0.6 is 0 Å². The molecule has 0 spiro atoms. The van der Waals surface area contributed by atoms with E-state index < -0.39 is 0 Å². The molecule has 0 unspecified atom stereocenters. The van der Waals surface area contributed by atoms with Gasteiger partial charge >= 0.3 is 5.97 Å². The number of esters is 1. The zero-order valence-electron chi connectivity index (χ0n) is 16.2. The highest BCUT2D eigenvalue weighted by Gasteiger charge is 2.25. The van der Waals surface area contributed by atoms with Crippen molar-refractivity contribution in [2.45, 2.75) is 31.8 Å². The summed E-state index contributed by atoms with van der Waals surface area (Å²) in [7, 11) is 1.39. The summed E-state index contributed by atoms with van der Waals surface area (Å²) in [5, 5.41) is 1.34. The minimum atomic E-state index is -0.332. The zero-order chi connectivity index (χ0) is 19.3. The van der Waals surface area contributed by atoms with Crippen LogP contribution in [0.2, 0.25) is 0 Å². The van der Waals surface area contributed by atoms with Crippen LogP contribution in [-0.2, 0) is 22.5 Å². The number of rotatable bonds is 6. The number of likely N-dealkylation sites (tertiary alicyclic amines) is 1. The molecule has 3 aromatic rings. The number of aromatic amines is 1. The van der Waals surface area contributed by atoms with Gasteiger partial charge < -0.3 is 9.72 Å². The fraction of sp³-hybridized carbons (Fsp3) is 0.292. The molecule has 1 saturated heterocycles. The van der Waals surface area contributed by atoms with Crippen LogP contribution in [0.25, 0.3) is 17.0 Å². The van der Waals surface area contributed by atoms with E-state index in [0.29, 0.717) is 6.04 Å². The first-order valence-electron chi connectivity index (χ1n) is 9.87. The maximum Gasteiger partial charge on any atom is 0.330 e. The quantitative estimate of drug-likeness (QED) is 0.508. The van der Waals surface area contributed by atoms with Crippen molar-refractivity contribution in [2.24, 2.45) is 0 Å². The van der Waals surface area contributed by atoms with Crippen molar-refractivity contribution >= 4 is 22.9 Å². The van der Waals surface area contributed by atoms with Crippen LogP contribution in [0.5, 0.6) is 0 Å². The van der Waals surface area contributed by atoms with Crippen molar-refractivity contribution in [3.05, 3.63) is 77.5 Å². The number of para-hydroxylation sites is 1. The van der Waals surface area contributed by atoms with Gasteiger partial charge in [0.15, 0.2) is 0 Å². The highest BCUT2D eigenvalue weighted by molar-refractivity contribution is 5.86. The van der Waals surface area contributed by atoms with Crippen molar-refractivity contribution in [1.82, 2.24) is 9.88 Å². The fourth-order valence-corrected chi connectivity index (χ4v) is 4.09. The molecule has 0 radical (unpaired) electrons. The number of nitrogens with one attached hydrogen (secondary N) is 1. The number of benzene rings is 2. The second kappa shape index (κ2) is 8.44. The fourth-order valence-electron chi connectivity index (χ4n) is 4.09. The number of carbonyl (C=O) groups excluding carboxylic acids is 1. The Morgan fingerprint density at radius 1 is 1.21 bits per heavy atom. The standard InChI is InChI=1S/C24H26N2O2/c1-28-24(27)13-12-18-8-10-19(11-9-18)17-26-14-4-5-21(26)15-20-16-25-23-7-3-2-6-22(20)23/h2-3,6-13,16,21,25H,4-5,14-15,17H2,1H3/t21-/m0/s1. The second-order valence-corrected chi connectivity index (χ2v) is 7.43. The lowest BCUT2D eigenvalue weighted by Crippen LogP contribution is -2.30. The highest BCUT2D eigenvalue weighted by Crippen LogP contribution is 2.27. The highest BCUT2D eigenvalue weighted by atomic mass is 16.5. The molecule has 0 aliphatic carbocycles. The number of hydrogen-bond donors (Lipinski definition) is 1. The molecule has 4 nitrogen and oxygen atoms in total. The number of fused-ring (bicyclic) bond motifs is 1. The van der Waals surface area contributed by atoms with E-state index in [1.165, 1.54) is 48.1 Å². The number of carbonyl (C=O) groups is 1. The Balaban J connectivity index is 1.41. The maximum atomic E-state index is 11.2. The minimum absolute atomic E-state index is 0.332. The van der Waals surface area contributed by atoms with E-state index in [1.807, 2.05) is 0 Å². The summed E-state index contributed by atoms with van der Waals surface area (Å²) in [5.41, 5.74) is 4.94. The summed E-state index contributed by atoms with van der Waals surface area (Å²) in [6.07, 6.45) is 9.00. The molecule has 1 aromatic heterocycles. The van der Waals surface area contributed by atoms with Gasteiger partial charge in [0.2, 0.25) is 0 Å². The lowest BCUT2D eigenvalue weighted by molar-refractivity contribution is -0.134. The average Bonchev–Trinajstić information content (AvgIpc) is 3.35. The first kappa shape index (κ1) is 18.5. The topological polar surface area (TPSA) is 45.3 Å². The Hall–Kier alpha value is -2.85. The second-order valence-electron chi connectivity index (χ2n) is 7.43. The predicted molar refractivity (Wildman–Crippen MR) is 113 cm³/mol. The van der Waals surface area contributed by atoms with E-state index in [9.17, 15) is 4.79 Å². The molecule has 1 N–H and O–H groups in total. The van der Waals surface area contributed by atoms with Crippen LogP contribution in [0.15, 0.2) is 60.8 Å². The Bertz CT molecular complexity index is 972. The molecule has 28 heavy (non-hydrogen) atoms. The van der Waals surface area contributed by atoms with Gasteiger partial charge in [-0.2, -0.15) is 0 Å². The number of nitrogens with zero attached hydrogens (tertiary/aromatic N) is 1. The third-order valence-electron chi connectivity index (χ3n) is 5.61. The molecular weight excluding hydrogens is 348 g/mol. The normalized spacial score (nSPS) is 17.5. The molecule has 2 aromatic carbocycles. The first-order valence-corrected chi connectivity index (χ1v) is 9.87. The van der Waals surface area contributed by atoms with E-state index in [0.717, 1.165) is 25.1 Å². The summed E-state index contributed by atoms with van der Waals surface area (Å²) in [6.45, 7) is 2.12. The van der Waals surface area contributed by atoms with E-state index in [4.69, 9.17) is 0 Å². The monoisotopic (exact) mass is 374 g/mol. The van der Waals surface area contributed by atoms with Crippen molar-refractivity contribution in [2.75, 3.05) is 13.7 Å². The Labute approximate surface area is 165 Å². The Kier molecular flexibility index (Phi) is 5.58. The van der Waals surface area contributed by atoms with Gasteiger partial charge in [-0.3, -0.25) is 4.90 Å². The van der Waals surface area contributed by atoms with Gasteiger partial charge in [0.1, 0.15) is 0 Å². The minimum Gasteiger partial charge on any atom is -0.466 e. The predicted octanol–water partition coefficient (Wildman–Crippen LogP) is 4.56. The van der Waals surface area contributed by atoms with Gasteiger partial charge in [0, 0.05) is 35.8 Å². The molecule has 0 amide bonds. The van der Waals surface area contributed by atoms with E-state index >= 15 is 0 Å². The van der Waals surface area contributed by atoms with Gasteiger partial charge in [-0.15, -0.1) is 0 Å². The van der Waals surface area contributed by atoms with Gasteiger partial charge in [0.05, 0.1) is 7.11 Å². The maximum absolute atomic E-state index is 11.2. The molecule has 1 atom stereocenters. The van der Waals surface area contributed by atoms with E-state index in [1.54, 1.807) is 6.08 Å². The summed E-state index contributed by atoms with van der Waals surface area (Å²) in [6, 6.07) is 17.5. The van der Waals surface area contributed by atoms with Crippen molar-refractivity contribution in [1.29, 1.82) is 0 Å². The first-order chi connectivity index (χ1) is 13.7. The van der Waals surface area contributed by atoms with Crippen LogP contribution in [0.1, 0.15) is 29.5 Å². The number of H-pyrrole nitrogens is 1. The molecule has 4 heteroatoms. The van der Waals surface area contributed by atoms with Crippen LogP contribution < -0.4 is 0 Å². The van der Waals surface area contributed by atoms with Crippen LogP contribution in [0, 0.1) is 0 Å². The van der Waals surface area contributed by atoms with Crippen LogP contribution in [-0.4, -0.2) is 35.5 Å². The molecule has 144 valence electrons. The van der Waals surface area contributed by atoms with Crippen molar-refractivity contribution in [3.63, 3.8) is 0 Å². The van der Waals surface area contributed by atoms with E-state index in [2.05, 4.69) is 69.3 Å². The Morgan fingerprint density at radius 3 is 2.86 bits per heavy atom. The average molecular weight is 374 g/mol. The molecule has 0 saturated carbocycles. The smallest absolute Gasteiger partial charge is 0.330 e. The zero-order valence-corrected chi connectivity index (χ0v) is 16.2. The molecule has 0 bridgehead atoms. The van der Waals surface area contributed by atoms with E-state index in [-0.39, 0.29) is 5.97 Å². The largest absolute Gasteiger partial charge is 0.466 e. The van der Waals surface area contributed by atoms with Crippen molar-refractivity contribution < 1.29 is 9.53 Å². The SMILES string of the molecule is COC(=O)C=Cc1ccc(CN2CCC[C@H]2Cc2c[nH]c3ccccc23)cc1. The molecule has 1 fully saturated rings. The lowest BCUT2D eigenvalue weighted by atomic mass is 10.0. The number of methoxy groups -OCH3 is 1. The number of ether oxygens (including phenoxy) is 1. The van der Waals surface area contributed by atoms with Gasteiger partial charge in [-0.05, 0) is 54.6 Å². The summed E-state index contributed by atoms with van der Waals surface area (Å²) >= 11 is 0. The van der Waals surface area contributed by atoms with Gasteiger partial charge in [-0.1, -0.05) is 42.5 Å². The molecule has 1 aliphatic heterocycles. The van der Waals surface area contributed by atoms with Gasteiger partial charge in [-0.25, -0.2) is 4.79 Å². The molecular formula is C24H26N2O2.